The number of unbranched alkanes of at least 4 members (excludes halogenated alkanes) is 36. The number of esters is 2. The number of phosphoric acid groups is 1. The van der Waals surface area contributed by atoms with Crippen molar-refractivity contribution in [2.75, 3.05) is 47.5 Å². The lowest BCUT2D eigenvalue weighted by molar-refractivity contribution is -0.870. The Balaban J connectivity index is 3.92. The van der Waals surface area contributed by atoms with E-state index in [1.165, 1.54) is 218 Å². The molecule has 0 aliphatic carbocycles. The number of carbonyl (C=O) groups is 2. The van der Waals surface area contributed by atoms with Crippen LogP contribution in [-0.4, -0.2) is 74.9 Å². The first-order chi connectivity index (χ1) is 39.0. The Hall–Kier alpha value is -2.55. The molecule has 0 amide bonds. The number of rotatable bonds is 62. The second-order valence-corrected chi connectivity index (χ2v) is 25.3. The highest BCUT2D eigenvalue weighted by atomic mass is 31.2. The maximum Gasteiger partial charge on any atom is 0.472 e. The lowest BCUT2D eigenvalue weighted by Crippen LogP contribution is -2.37. The van der Waals surface area contributed by atoms with Crippen LogP contribution in [0.4, 0.5) is 0 Å². The van der Waals surface area contributed by atoms with Gasteiger partial charge in [0.1, 0.15) is 19.8 Å². The van der Waals surface area contributed by atoms with Gasteiger partial charge in [-0.1, -0.05) is 292 Å². The lowest BCUT2D eigenvalue weighted by Gasteiger charge is -2.24. The molecule has 80 heavy (non-hydrogen) atoms. The Kier molecular flexibility index (Phi) is 59.1. The SMILES string of the molecule is CC/C=C\C/C=C\C/C=C\C/C=C\C/C=C\CCCC(=O)OC(COC(=O)CCCCCCCCCCCCCCCCCCCCCCCCCCCCC/C=C\CCCCCCCCCC)COP(=O)(O)OCC[N+](C)(C)C. The van der Waals surface area contributed by atoms with Gasteiger partial charge in [0.2, 0.25) is 0 Å². The highest BCUT2D eigenvalue weighted by Crippen LogP contribution is 2.43. The first kappa shape index (κ1) is 77.5. The van der Waals surface area contributed by atoms with Crippen LogP contribution in [-0.2, 0) is 32.7 Å². The van der Waals surface area contributed by atoms with Crippen molar-refractivity contribution in [3.05, 3.63) is 72.9 Å². The zero-order chi connectivity index (χ0) is 58.4. The van der Waals surface area contributed by atoms with Gasteiger partial charge in [-0.2, -0.15) is 0 Å². The molecule has 0 radical (unpaired) electrons. The first-order valence-corrected chi connectivity index (χ1v) is 35.2. The summed E-state index contributed by atoms with van der Waals surface area (Å²) in [4.78, 5) is 35.7. The topological polar surface area (TPSA) is 108 Å². The molecular weight excluding hydrogens is 1010 g/mol. The van der Waals surface area contributed by atoms with Crippen LogP contribution in [0.15, 0.2) is 72.9 Å². The molecule has 2 atom stereocenters. The van der Waals surface area contributed by atoms with E-state index in [0.29, 0.717) is 23.9 Å². The number of allylic oxidation sites excluding steroid dienone is 12. The summed E-state index contributed by atoms with van der Waals surface area (Å²) < 4.78 is 34.5. The van der Waals surface area contributed by atoms with E-state index in [-0.39, 0.29) is 32.0 Å². The molecule has 2 unspecified atom stereocenters. The minimum Gasteiger partial charge on any atom is -0.462 e. The molecule has 0 heterocycles. The van der Waals surface area contributed by atoms with Crippen LogP contribution in [0.1, 0.15) is 309 Å². The number of quaternary nitrogens is 1. The Bertz CT molecular complexity index is 1580. The molecule has 466 valence electrons. The number of nitrogens with zero attached hydrogens (tertiary/aromatic N) is 1. The molecule has 9 nitrogen and oxygen atoms in total. The van der Waals surface area contributed by atoms with Gasteiger partial charge in [-0.15, -0.1) is 0 Å². The van der Waals surface area contributed by atoms with E-state index in [4.69, 9.17) is 18.5 Å². The maximum absolute atomic E-state index is 12.8. The van der Waals surface area contributed by atoms with Crippen LogP contribution >= 0.6 is 7.82 Å². The number of likely N-dealkylation sites (N-methyl/N-ethyl adjacent to an activating group) is 1. The summed E-state index contributed by atoms with van der Waals surface area (Å²) in [6, 6.07) is 0. The van der Waals surface area contributed by atoms with Gasteiger partial charge in [-0.25, -0.2) is 4.57 Å². The lowest BCUT2D eigenvalue weighted by atomic mass is 10.0. The molecule has 0 aliphatic heterocycles. The fraction of sp³-hybridized carbons (Fsp3) is 0.800. The number of phosphoric ester groups is 1. The van der Waals surface area contributed by atoms with E-state index in [9.17, 15) is 19.0 Å². The van der Waals surface area contributed by atoms with E-state index in [2.05, 4.69) is 86.8 Å². The second kappa shape index (κ2) is 61.0. The van der Waals surface area contributed by atoms with E-state index in [1.807, 2.05) is 21.1 Å². The van der Waals surface area contributed by atoms with Crippen molar-refractivity contribution in [2.24, 2.45) is 0 Å². The van der Waals surface area contributed by atoms with Crippen LogP contribution in [0, 0.1) is 0 Å². The van der Waals surface area contributed by atoms with E-state index >= 15 is 0 Å². The molecule has 0 fully saturated rings. The molecule has 0 aromatic rings. The standard InChI is InChI=1S/C70H128NO8P/c1-6-8-10-12-14-16-18-20-22-24-25-26-27-28-29-30-31-32-33-34-35-36-37-38-39-40-41-42-43-44-45-47-48-50-52-54-56-58-60-62-69(72)76-66-68(67-78-80(74,75)77-65-64-71(3,4)5)79-70(73)63-61-59-57-55-53-51-49-46-23-21-19-17-15-13-11-9-7-2/h9,11,15,17,21,23-25,49,51,55,57,68H,6-8,10,12-14,16,18-20,22,26-48,50,52-54,56,58-67H2,1-5H3/p+1/b11-9-,17-15-,23-21-,25-24-,51-49-,57-55-. The molecule has 0 spiro atoms. The van der Waals surface area contributed by atoms with Gasteiger partial charge in [0.05, 0.1) is 27.7 Å². The summed E-state index contributed by atoms with van der Waals surface area (Å²) in [5.41, 5.74) is 0. The monoisotopic (exact) mass is 1140 g/mol. The number of hydrogen-bond acceptors (Lipinski definition) is 7. The maximum atomic E-state index is 12.8. The molecule has 0 saturated carbocycles. The first-order valence-electron chi connectivity index (χ1n) is 33.7. The smallest absolute Gasteiger partial charge is 0.462 e. The molecule has 10 heteroatoms. The van der Waals surface area contributed by atoms with Crippen molar-refractivity contribution < 1.29 is 42.1 Å². The zero-order valence-corrected chi connectivity index (χ0v) is 54.0. The molecule has 1 N–H and O–H groups in total. The van der Waals surface area contributed by atoms with Crippen molar-refractivity contribution in [2.45, 2.75) is 315 Å². The average molecular weight is 1140 g/mol. The van der Waals surface area contributed by atoms with Gasteiger partial charge < -0.3 is 18.9 Å². The van der Waals surface area contributed by atoms with Crippen LogP contribution in [0.5, 0.6) is 0 Å². The van der Waals surface area contributed by atoms with Gasteiger partial charge in [0.15, 0.2) is 6.10 Å². The van der Waals surface area contributed by atoms with Crippen LogP contribution in [0.25, 0.3) is 0 Å². The van der Waals surface area contributed by atoms with Crippen LogP contribution in [0.3, 0.4) is 0 Å². The third-order valence-electron chi connectivity index (χ3n) is 14.7. The van der Waals surface area contributed by atoms with Crippen molar-refractivity contribution >= 4 is 19.8 Å². The third kappa shape index (κ3) is 64.6. The predicted molar refractivity (Wildman–Crippen MR) is 344 cm³/mol. The molecule has 0 bridgehead atoms. The Morgan fingerprint density at radius 1 is 0.400 bits per heavy atom. The van der Waals surface area contributed by atoms with Crippen LogP contribution in [0.2, 0.25) is 0 Å². The largest absolute Gasteiger partial charge is 0.472 e. The minimum absolute atomic E-state index is 0.0195. The Morgan fingerprint density at radius 3 is 1.11 bits per heavy atom. The van der Waals surface area contributed by atoms with Crippen LogP contribution < -0.4 is 0 Å². The van der Waals surface area contributed by atoms with Gasteiger partial charge in [0.25, 0.3) is 0 Å². The van der Waals surface area contributed by atoms with Crippen molar-refractivity contribution in [1.29, 1.82) is 0 Å². The Morgan fingerprint density at radius 2 is 0.725 bits per heavy atom. The van der Waals surface area contributed by atoms with Crippen molar-refractivity contribution in [3.8, 4) is 0 Å². The quantitative estimate of drug-likeness (QED) is 0.0211. The highest BCUT2D eigenvalue weighted by molar-refractivity contribution is 7.47. The zero-order valence-electron chi connectivity index (χ0n) is 53.1. The highest BCUT2D eigenvalue weighted by Gasteiger charge is 2.27. The van der Waals surface area contributed by atoms with E-state index in [1.54, 1.807) is 0 Å². The third-order valence-corrected chi connectivity index (χ3v) is 15.7. The van der Waals surface area contributed by atoms with Gasteiger partial charge in [-0.3, -0.25) is 18.6 Å². The normalized spacial score (nSPS) is 13.6. The summed E-state index contributed by atoms with van der Waals surface area (Å²) in [5, 5.41) is 0. The minimum atomic E-state index is -4.40. The molecule has 0 aromatic carbocycles. The molecule has 0 aromatic heterocycles. The summed E-state index contributed by atoms with van der Waals surface area (Å²) in [7, 11) is 1.44. The average Bonchev–Trinajstić information content (AvgIpc) is 3.42. The van der Waals surface area contributed by atoms with E-state index < -0.39 is 26.5 Å². The van der Waals surface area contributed by atoms with Crippen molar-refractivity contribution in [1.82, 2.24) is 0 Å². The fourth-order valence-electron chi connectivity index (χ4n) is 9.58. The van der Waals surface area contributed by atoms with E-state index in [0.717, 1.165) is 51.4 Å². The van der Waals surface area contributed by atoms with Gasteiger partial charge >= 0.3 is 19.8 Å². The summed E-state index contributed by atoms with van der Waals surface area (Å²) >= 11 is 0. The molecular formula is C70H129NO8P+. The second-order valence-electron chi connectivity index (χ2n) is 23.8. The number of ether oxygens (including phenoxy) is 2. The molecule has 0 saturated heterocycles. The van der Waals surface area contributed by atoms with Crippen molar-refractivity contribution in [3.63, 3.8) is 0 Å². The number of carbonyl (C=O) groups excluding carboxylic acids is 2. The Labute approximate surface area is 495 Å². The fourth-order valence-corrected chi connectivity index (χ4v) is 10.3. The molecule has 0 rings (SSSR count). The number of hydrogen-bond donors (Lipinski definition) is 1. The predicted octanol–water partition coefficient (Wildman–Crippen LogP) is 21.6. The summed E-state index contributed by atoms with van der Waals surface area (Å²) in [6.45, 7) is 4.28. The molecule has 0 aliphatic rings. The van der Waals surface area contributed by atoms with Gasteiger partial charge in [0, 0.05) is 12.8 Å². The summed E-state index contributed by atoms with van der Waals surface area (Å²) in [6.07, 6.45) is 81.9. The summed E-state index contributed by atoms with van der Waals surface area (Å²) in [5.74, 6) is -0.858. The van der Waals surface area contributed by atoms with Gasteiger partial charge in [-0.05, 0) is 77.0 Å².